The number of benzene rings is 1. The number of likely N-dealkylation sites (tertiary alicyclic amines) is 1. The summed E-state index contributed by atoms with van der Waals surface area (Å²) in [4.78, 5) is 37.2. The van der Waals surface area contributed by atoms with Gasteiger partial charge >= 0.3 is 5.97 Å². The second-order valence-electron chi connectivity index (χ2n) is 6.76. The number of nitrogens with one attached hydrogen (secondary N) is 1. The molecule has 1 saturated heterocycles. The monoisotopic (exact) mass is 368 g/mol. The molecule has 2 amide bonds. The summed E-state index contributed by atoms with van der Waals surface area (Å²) in [5, 5.41) is 11.7. The average Bonchev–Trinajstić information content (AvgIpc) is 2.58. The summed E-state index contributed by atoms with van der Waals surface area (Å²) < 4.78 is 26.7. The number of carbonyl (C=O) groups is 3. The highest BCUT2D eigenvalue weighted by Crippen LogP contribution is 2.21. The van der Waals surface area contributed by atoms with Gasteiger partial charge in [0, 0.05) is 25.1 Å². The molecule has 0 aromatic heterocycles. The third-order valence-corrected chi connectivity index (χ3v) is 4.54. The first-order valence-corrected chi connectivity index (χ1v) is 8.48. The molecule has 2 N–H and O–H groups in total. The van der Waals surface area contributed by atoms with Crippen LogP contribution in [0.4, 0.5) is 8.78 Å². The van der Waals surface area contributed by atoms with E-state index in [2.05, 4.69) is 5.32 Å². The van der Waals surface area contributed by atoms with E-state index in [0.29, 0.717) is 18.9 Å². The van der Waals surface area contributed by atoms with Crippen LogP contribution < -0.4 is 5.32 Å². The number of aliphatic carboxylic acids is 1. The lowest BCUT2D eigenvalue weighted by molar-refractivity contribution is -0.144. The largest absolute Gasteiger partial charge is 0.480 e. The quantitative estimate of drug-likeness (QED) is 0.833. The van der Waals surface area contributed by atoms with Crippen molar-refractivity contribution in [2.45, 2.75) is 32.7 Å². The van der Waals surface area contributed by atoms with Crippen LogP contribution in [-0.4, -0.2) is 46.9 Å². The molecule has 1 aromatic rings. The minimum absolute atomic E-state index is 0.208. The van der Waals surface area contributed by atoms with Crippen LogP contribution >= 0.6 is 0 Å². The molecule has 142 valence electrons. The van der Waals surface area contributed by atoms with Crippen LogP contribution in [0.3, 0.4) is 0 Å². The van der Waals surface area contributed by atoms with Crippen LogP contribution in [0.5, 0.6) is 0 Å². The van der Waals surface area contributed by atoms with Gasteiger partial charge in [0.25, 0.3) is 5.91 Å². The predicted octanol–water partition coefficient (Wildman–Crippen LogP) is 2.04. The number of halogens is 2. The smallest absolute Gasteiger partial charge is 0.326 e. The highest BCUT2D eigenvalue weighted by atomic mass is 19.1. The molecule has 1 unspecified atom stereocenters. The van der Waals surface area contributed by atoms with Crippen LogP contribution in [0.2, 0.25) is 0 Å². The summed E-state index contributed by atoms with van der Waals surface area (Å²) >= 11 is 0. The molecule has 26 heavy (non-hydrogen) atoms. The Morgan fingerprint density at radius 3 is 2.31 bits per heavy atom. The Kier molecular flexibility index (Phi) is 6.28. The third kappa shape index (κ3) is 4.56. The maximum absolute atomic E-state index is 13.7. The van der Waals surface area contributed by atoms with E-state index in [9.17, 15) is 23.2 Å². The second kappa shape index (κ2) is 8.25. The number of piperidine rings is 1. The number of carbonyl (C=O) groups excluding carboxylic acids is 2. The van der Waals surface area contributed by atoms with Gasteiger partial charge in [-0.25, -0.2) is 13.6 Å². The number of carboxylic acids is 1. The summed E-state index contributed by atoms with van der Waals surface area (Å²) in [6, 6.07) is 1.82. The second-order valence-corrected chi connectivity index (χ2v) is 6.76. The van der Waals surface area contributed by atoms with Gasteiger partial charge in [0.2, 0.25) is 5.91 Å². The number of nitrogens with zero attached hydrogens (tertiary/aromatic N) is 1. The SMILES string of the molecule is CC(C)C(NC(=O)C1CCN(C(=O)c2ccc(F)cc2F)CC1)C(=O)O. The zero-order valence-corrected chi connectivity index (χ0v) is 14.7. The van der Waals surface area contributed by atoms with Crippen molar-refractivity contribution < 1.29 is 28.3 Å². The molecule has 6 nitrogen and oxygen atoms in total. The van der Waals surface area contributed by atoms with Gasteiger partial charge in [-0.2, -0.15) is 0 Å². The van der Waals surface area contributed by atoms with Gasteiger partial charge < -0.3 is 15.3 Å². The molecule has 0 aliphatic carbocycles. The zero-order valence-electron chi connectivity index (χ0n) is 14.7. The molecular weight excluding hydrogens is 346 g/mol. The number of amides is 2. The van der Waals surface area contributed by atoms with E-state index in [0.717, 1.165) is 12.1 Å². The molecule has 1 fully saturated rings. The van der Waals surface area contributed by atoms with Crippen molar-refractivity contribution >= 4 is 17.8 Å². The van der Waals surface area contributed by atoms with Gasteiger partial charge in [-0.05, 0) is 30.9 Å². The van der Waals surface area contributed by atoms with Gasteiger partial charge in [-0.1, -0.05) is 13.8 Å². The molecule has 0 saturated carbocycles. The summed E-state index contributed by atoms with van der Waals surface area (Å²) in [5.41, 5.74) is -0.208. The Hall–Kier alpha value is -2.51. The third-order valence-electron chi connectivity index (χ3n) is 4.54. The van der Waals surface area contributed by atoms with Gasteiger partial charge in [-0.3, -0.25) is 9.59 Å². The average molecular weight is 368 g/mol. The lowest BCUT2D eigenvalue weighted by Crippen LogP contribution is -2.49. The van der Waals surface area contributed by atoms with E-state index < -0.39 is 35.5 Å². The zero-order chi connectivity index (χ0) is 19.4. The fraction of sp³-hybridized carbons (Fsp3) is 0.500. The molecule has 1 aliphatic rings. The Bertz CT molecular complexity index is 700. The maximum atomic E-state index is 13.7. The van der Waals surface area contributed by atoms with E-state index in [1.165, 1.54) is 4.90 Å². The molecule has 1 aliphatic heterocycles. The van der Waals surface area contributed by atoms with Gasteiger partial charge in [0.05, 0.1) is 5.56 Å². The first-order chi connectivity index (χ1) is 12.2. The minimum Gasteiger partial charge on any atom is -0.480 e. The van der Waals surface area contributed by atoms with Crippen molar-refractivity contribution in [2.75, 3.05) is 13.1 Å². The van der Waals surface area contributed by atoms with Crippen molar-refractivity contribution in [1.82, 2.24) is 10.2 Å². The lowest BCUT2D eigenvalue weighted by atomic mass is 9.94. The van der Waals surface area contributed by atoms with Crippen molar-refractivity contribution in [2.24, 2.45) is 11.8 Å². The Labute approximate surface area is 150 Å². The van der Waals surface area contributed by atoms with Crippen molar-refractivity contribution in [3.63, 3.8) is 0 Å². The molecule has 0 spiro atoms. The molecule has 1 aromatic carbocycles. The van der Waals surface area contributed by atoms with Crippen LogP contribution in [0.25, 0.3) is 0 Å². The molecule has 0 bridgehead atoms. The Morgan fingerprint density at radius 2 is 1.81 bits per heavy atom. The standard InChI is InChI=1S/C18H22F2N2O4/c1-10(2)15(18(25)26)21-16(23)11-5-7-22(8-6-11)17(24)13-4-3-12(19)9-14(13)20/h3-4,9-11,15H,5-8H2,1-2H3,(H,21,23)(H,25,26). The predicted molar refractivity (Wildman–Crippen MR) is 89.4 cm³/mol. The molecule has 1 heterocycles. The van der Waals surface area contributed by atoms with E-state index in [4.69, 9.17) is 5.11 Å². The van der Waals surface area contributed by atoms with Crippen molar-refractivity contribution in [3.8, 4) is 0 Å². The summed E-state index contributed by atoms with van der Waals surface area (Å²) in [5.74, 6) is -4.33. The summed E-state index contributed by atoms with van der Waals surface area (Å²) in [7, 11) is 0. The summed E-state index contributed by atoms with van der Waals surface area (Å²) in [6.45, 7) is 3.90. The van der Waals surface area contributed by atoms with Crippen LogP contribution in [0.1, 0.15) is 37.0 Å². The van der Waals surface area contributed by atoms with Crippen LogP contribution in [0, 0.1) is 23.5 Å². The fourth-order valence-corrected chi connectivity index (χ4v) is 2.96. The maximum Gasteiger partial charge on any atom is 0.326 e. The van der Waals surface area contributed by atoms with E-state index in [1.807, 2.05) is 0 Å². The highest BCUT2D eigenvalue weighted by molar-refractivity contribution is 5.94. The lowest BCUT2D eigenvalue weighted by Gasteiger charge is -2.32. The normalized spacial score (nSPS) is 16.4. The molecular formula is C18H22F2N2O4. The molecule has 0 radical (unpaired) electrons. The van der Waals surface area contributed by atoms with E-state index in [-0.39, 0.29) is 30.5 Å². The van der Waals surface area contributed by atoms with Gasteiger partial charge in [0.1, 0.15) is 17.7 Å². The van der Waals surface area contributed by atoms with Crippen LogP contribution in [0.15, 0.2) is 18.2 Å². The van der Waals surface area contributed by atoms with Crippen molar-refractivity contribution in [3.05, 3.63) is 35.4 Å². The van der Waals surface area contributed by atoms with Gasteiger partial charge in [0.15, 0.2) is 0 Å². The van der Waals surface area contributed by atoms with E-state index >= 15 is 0 Å². The topological polar surface area (TPSA) is 86.7 Å². The highest BCUT2D eigenvalue weighted by Gasteiger charge is 2.31. The Balaban J connectivity index is 1.95. The molecule has 2 rings (SSSR count). The van der Waals surface area contributed by atoms with Crippen LogP contribution in [-0.2, 0) is 9.59 Å². The minimum atomic E-state index is -1.09. The Morgan fingerprint density at radius 1 is 1.19 bits per heavy atom. The van der Waals surface area contributed by atoms with E-state index in [1.54, 1.807) is 13.8 Å². The number of hydrogen-bond donors (Lipinski definition) is 2. The molecule has 8 heteroatoms. The van der Waals surface area contributed by atoms with Gasteiger partial charge in [-0.15, -0.1) is 0 Å². The first kappa shape index (κ1) is 19.8. The number of carboxylic acid groups (broad SMARTS) is 1. The molecule has 1 atom stereocenters. The number of rotatable bonds is 5. The number of hydrogen-bond acceptors (Lipinski definition) is 3. The fourth-order valence-electron chi connectivity index (χ4n) is 2.96. The van der Waals surface area contributed by atoms with Crippen molar-refractivity contribution in [1.29, 1.82) is 0 Å². The first-order valence-electron chi connectivity index (χ1n) is 8.48. The summed E-state index contributed by atoms with van der Waals surface area (Å²) in [6.07, 6.45) is 0.704.